The van der Waals surface area contributed by atoms with Crippen LogP contribution in [-0.4, -0.2) is 35.4 Å². The number of likely N-dealkylation sites (tertiary alicyclic amines) is 1. The van der Waals surface area contributed by atoms with Crippen LogP contribution in [0.5, 0.6) is 5.88 Å². The maximum Gasteiger partial charge on any atom is 0.244 e. The number of aromatic nitrogens is 1. The first kappa shape index (κ1) is 21.3. The number of nitrogen functional groups attached to an aromatic ring is 1. The number of benzene rings is 2. The number of anilines is 3. The molecule has 170 valence electrons. The average Bonchev–Trinajstić information content (AvgIpc) is 3.32. The molecule has 3 aromatic rings. The highest BCUT2D eigenvalue weighted by Crippen LogP contribution is 2.37. The minimum atomic E-state index is -0.0952. The molecule has 3 N–H and O–H groups in total. The third kappa shape index (κ3) is 5.09. The van der Waals surface area contributed by atoms with Crippen molar-refractivity contribution in [1.82, 2.24) is 9.88 Å². The van der Waals surface area contributed by atoms with Crippen molar-refractivity contribution in [2.45, 2.75) is 32.5 Å². The highest BCUT2D eigenvalue weighted by atomic mass is 16.5. The summed E-state index contributed by atoms with van der Waals surface area (Å²) in [5.41, 5.74) is 11.1. The Bertz CT molecular complexity index is 1130. The van der Waals surface area contributed by atoms with Gasteiger partial charge in [0.15, 0.2) is 5.82 Å². The number of nitrogens with two attached hydrogens (primary N) is 1. The molecular weight excluding hydrogens is 414 g/mol. The number of rotatable bonds is 7. The fourth-order valence-electron chi connectivity index (χ4n) is 4.53. The Hall–Kier alpha value is -3.58. The largest absolute Gasteiger partial charge is 0.473 e. The second kappa shape index (κ2) is 9.50. The summed E-state index contributed by atoms with van der Waals surface area (Å²) in [6.07, 6.45) is 2.56. The fraction of sp³-hybridized carbons (Fsp3) is 0.308. The molecule has 7 heteroatoms. The van der Waals surface area contributed by atoms with Crippen molar-refractivity contribution in [3.63, 3.8) is 0 Å². The van der Waals surface area contributed by atoms with Gasteiger partial charge < -0.3 is 20.7 Å². The van der Waals surface area contributed by atoms with E-state index >= 15 is 0 Å². The van der Waals surface area contributed by atoms with Crippen LogP contribution in [0.4, 0.5) is 17.2 Å². The summed E-state index contributed by atoms with van der Waals surface area (Å²) >= 11 is 0. The van der Waals surface area contributed by atoms with Crippen LogP contribution in [0.3, 0.4) is 0 Å². The molecule has 0 atom stereocenters. The van der Waals surface area contributed by atoms with Gasteiger partial charge in [0.05, 0.1) is 12.2 Å². The van der Waals surface area contributed by atoms with Crippen LogP contribution >= 0.6 is 0 Å². The number of nitrogens with zero attached hydrogens (tertiary/aromatic N) is 3. The number of carbonyl (C=O) groups is 1. The lowest BCUT2D eigenvalue weighted by molar-refractivity contribution is -0.115. The number of carbonyl (C=O) groups excluding carboxylic acids is 1. The highest BCUT2D eigenvalue weighted by molar-refractivity contribution is 6.04. The number of pyridine rings is 1. The molecule has 0 bridgehead atoms. The van der Waals surface area contributed by atoms with Gasteiger partial charge in [0, 0.05) is 19.2 Å². The first-order valence-electron chi connectivity index (χ1n) is 11.5. The third-order valence-electron chi connectivity index (χ3n) is 6.14. The molecule has 2 aliphatic heterocycles. The maximum atomic E-state index is 12.4. The Balaban J connectivity index is 1.36. The van der Waals surface area contributed by atoms with Crippen LogP contribution in [0.25, 0.3) is 0 Å². The van der Waals surface area contributed by atoms with E-state index in [4.69, 9.17) is 10.5 Å². The van der Waals surface area contributed by atoms with Crippen molar-refractivity contribution in [2.24, 2.45) is 0 Å². The van der Waals surface area contributed by atoms with Crippen molar-refractivity contribution >= 4 is 23.1 Å². The molecule has 1 fully saturated rings. The van der Waals surface area contributed by atoms with E-state index in [1.807, 2.05) is 41.3 Å². The van der Waals surface area contributed by atoms with Crippen molar-refractivity contribution in [1.29, 1.82) is 0 Å². The van der Waals surface area contributed by atoms with Crippen LogP contribution in [0.15, 0.2) is 60.7 Å². The van der Waals surface area contributed by atoms with Gasteiger partial charge in [-0.1, -0.05) is 54.6 Å². The van der Waals surface area contributed by atoms with Gasteiger partial charge in [-0.25, -0.2) is 0 Å². The smallest absolute Gasteiger partial charge is 0.244 e. The minimum Gasteiger partial charge on any atom is -0.473 e. The van der Waals surface area contributed by atoms with Crippen LogP contribution in [-0.2, 0) is 24.5 Å². The average molecular weight is 444 g/mol. The Morgan fingerprint density at radius 3 is 2.45 bits per heavy atom. The van der Waals surface area contributed by atoms with Gasteiger partial charge in [-0.15, -0.1) is 0 Å². The summed E-state index contributed by atoms with van der Waals surface area (Å²) < 4.78 is 5.92. The normalized spacial score (nSPS) is 15.9. The van der Waals surface area contributed by atoms with Gasteiger partial charge in [-0.2, -0.15) is 4.98 Å². The lowest BCUT2D eigenvalue weighted by Gasteiger charge is -2.31. The standard InChI is InChI=1S/C26H29N5O2/c27-26-25-22(14-24(29-26)33-18-19-7-2-1-3-8-19)31(17-23(32)28-25)16-21-10-6-9-20(13-21)15-30-11-4-5-12-30/h1-3,6-10,13-14H,4-5,11-12,15-18H2,(H2,27,29)(H,28,32). The maximum absolute atomic E-state index is 12.4. The molecule has 1 amide bonds. The van der Waals surface area contributed by atoms with Crippen molar-refractivity contribution < 1.29 is 9.53 Å². The number of amides is 1. The van der Waals surface area contributed by atoms with E-state index in [1.54, 1.807) is 0 Å². The molecule has 1 saturated heterocycles. The molecule has 3 heterocycles. The molecule has 0 aliphatic carbocycles. The molecular formula is C26H29N5O2. The predicted molar refractivity (Wildman–Crippen MR) is 130 cm³/mol. The number of ether oxygens (including phenoxy) is 1. The third-order valence-corrected chi connectivity index (χ3v) is 6.14. The van der Waals surface area contributed by atoms with Crippen molar-refractivity contribution in [2.75, 3.05) is 35.6 Å². The molecule has 1 aromatic heterocycles. The van der Waals surface area contributed by atoms with Crippen LogP contribution < -0.4 is 20.7 Å². The minimum absolute atomic E-state index is 0.0952. The number of nitrogens with one attached hydrogen (secondary N) is 1. The Morgan fingerprint density at radius 2 is 1.67 bits per heavy atom. The molecule has 2 aromatic carbocycles. The quantitative estimate of drug-likeness (QED) is 0.578. The lowest BCUT2D eigenvalue weighted by atomic mass is 10.1. The Kier molecular flexibility index (Phi) is 6.13. The van der Waals surface area contributed by atoms with E-state index in [0.717, 1.165) is 23.4 Å². The SMILES string of the molecule is Nc1nc(OCc2ccccc2)cc2c1NC(=O)CN2Cc1cccc(CN2CCCC2)c1. The second-order valence-corrected chi connectivity index (χ2v) is 8.72. The van der Waals surface area contributed by atoms with Gasteiger partial charge in [0.2, 0.25) is 11.8 Å². The van der Waals surface area contributed by atoms with Gasteiger partial charge in [0.25, 0.3) is 0 Å². The summed E-state index contributed by atoms with van der Waals surface area (Å²) in [6.45, 7) is 4.57. The molecule has 33 heavy (non-hydrogen) atoms. The first-order valence-corrected chi connectivity index (χ1v) is 11.5. The van der Waals surface area contributed by atoms with Crippen molar-refractivity contribution in [3.05, 3.63) is 77.4 Å². The zero-order valence-corrected chi connectivity index (χ0v) is 18.7. The molecule has 2 aliphatic rings. The molecule has 0 saturated carbocycles. The molecule has 5 rings (SSSR count). The van der Waals surface area contributed by atoms with E-state index in [1.165, 1.54) is 31.5 Å². The molecule has 7 nitrogen and oxygen atoms in total. The topological polar surface area (TPSA) is 83.7 Å². The van der Waals surface area contributed by atoms with E-state index in [0.29, 0.717) is 24.7 Å². The summed E-state index contributed by atoms with van der Waals surface area (Å²) in [5.74, 6) is 0.609. The van der Waals surface area contributed by atoms with Gasteiger partial charge in [-0.05, 0) is 42.6 Å². The van der Waals surface area contributed by atoms with E-state index in [-0.39, 0.29) is 18.3 Å². The van der Waals surface area contributed by atoms with Crippen LogP contribution in [0, 0.1) is 0 Å². The van der Waals surface area contributed by atoms with E-state index in [9.17, 15) is 4.79 Å². The summed E-state index contributed by atoms with van der Waals surface area (Å²) in [6, 6.07) is 20.4. The second-order valence-electron chi connectivity index (χ2n) is 8.72. The summed E-state index contributed by atoms with van der Waals surface area (Å²) in [5, 5.41) is 2.87. The zero-order valence-electron chi connectivity index (χ0n) is 18.7. The monoisotopic (exact) mass is 443 g/mol. The van der Waals surface area contributed by atoms with Crippen LogP contribution in [0.1, 0.15) is 29.5 Å². The molecule has 0 unspecified atom stereocenters. The summed E-state index contributed by atoms with van der Waals surface area (Å²) in [4.78, 5) is 21.3. The molecule has 0 spiro atoms. The van der Waals surface area contributed by atoms with Crippen molar-refractivity contribution in [3.8, 4) is 5.88 Å². The van der Waals surface area contributed by atoms with E-state index in [2.05, 4.69) is 39.5 Å². The highest BCUT2D eigenvalue weighted by Gasteiger charge is 2.26. The van der Waals surface area contributed by atoms with Gasteiger partial charge in [-0.3, -0.25) is 9.69 Å². The Labute approximate surface area is 194 Å². The summed E-state index contributed by atoms with van der Waals surface area (Å²) in [7, 11) is 0. The number of fused-ring (bicyclic) bond motifs is 1. The Morgan fingerprint density at radius 1 is 0.939 bits per heavy atom. The van der Waals surface area contributed by atoms with E-state index < -0.39 is 0 Å². The number of hydrogen-bond acceptors (Lipinski definition) is 6. The first-order chi connectivity index (χ1) is 16.1. The lowest BCUT2D eigenvalue weighted by Crippen LogP contribution is -2.38. The van der Waals surface area contributed by atoms with Gasteiger partial charge in [0.1, 0.15) is 12.3 Å². The zero-order chi connectivity index (χ0) is 22.6. The van der Waals surface area contributed by atoms with Crippen LogP contribution in [0.2, 0.25) is 0 Å². The number of hydrogen-bond donors (Lipinski definition) is 2. The van der Waals surface area contributed by atoms with Gasteiger partial charge >= 0.3 is 0 Å². The predicted octanol–water partition coefficient (Wildman–Crippen LogP) is 3.80. The molecule has 0 radical (unpaired) electrons. The fourth-order valence-corrected chi connectivity index (χ4v) is 4.53.